The molecule has 0 atom stereocenters. The van der Waals surface area contributed by atoms with Crippen LogP contribution < -0.4 is 10.4 Å². The van der Waals surface area contributed by atoms with Gasteiger partial charge in [0.15, 0.2) is 0 Å². The zero-order valence-electron chi connectivity index (χ0n) is 6.77. The zero-order chi connectivity index (χ0) is 9.14. The molecule has 0 unspecified atom stereocenters. The van der Waals surface area contributed by atoms with Crippen molar-refractivity contribution in [2.75, 3.05) is 0 Å². The monoisotopic (exact) mass is 168 g/mol. The first-order valence-corrected chi connectivity index (χ1v) is 3.35. The first-order chi connectivity index (χ1) is 5.59. The van der Waals surface area contributed by atoms with Crippen LogP contribution in [0.1, 0.15) is 12.6 Å². The largest absolute Gasteiger partial charge is 0.332 e. The number of nitrogens with zero attached hydrogens (tertiary/aromatic N) is 2. The van der Waals surface area contributed by atoms with Crippen molar-refractivity contribution in [1.82, 2.24) is 9.94 Å². The molecule has 0 radical (unpaired) electrons. The molecule has 0 spiro atoms. The quantitative estimate of drug-likeness (QED) is 0.568. The highest BCUT2D eigenvalue weighted by molar-refractivity contribution is 5.66. The summed E-state index contributed by atoms with van der Waals surface area (Å²) in [6.07, 6.45) is 0. The summed E-state index contributed by atoms with van der Waals surface area (Å²) in [5, 5.41) is 3.67. The van der Waals surface area contributed by atoms with Crippen molar-refractivity contribution in [1.29, 1.82) is 0 Å². The van der Waals surface area contributed by atoms with Gasteiger partial charge in [0, 0.05) is 13.0 Å². The molecule has 1 heterocycles. The number of hydrogen-bond acceptors (Lipinski definition) is 4. The van der Waals surface area contributed by atoms with Crippen molar-refractivity contribution in [3.8, 4) is 0 Å². The third-order valence-electron chi connectivity index (χ3n) is 1.12. The Bertz CT molecular complexity index is 356. The van der Waals surface area contributed by atoms with Gasteiger partial charge in [-0.05, 0) is 17.8 Å². The van der Waals surface area contributed by atoms with Gasteiger partial charge in [-0.2, -0.15) is 0 Å². The summed E-state index contributed by atoms with van der Waals surface area (Å²) >= 11 is 0. The maximum atomic E-state index is 10.9. The predicted octanol–water partition coefficient (Wildman–Crippen LogP) is -0.473. The van der Waals surface area contributed by atoms with Crippen molar-refractivity contribution < 1.29 is 9.63 Å². The van der Waals surface area contributed by atoms with E-state index in [1.54, 1.807) is 13.0 Å². The van der Waals surface area contributed by atoms with E-state index in [0.717, 1.165) is 0 Å². The first kappa shape index (κ1) is 8.45. The van der Waals surface area contributed by atoms with E-state index in [1.807, 2.05) is 0 Å². The van der Waals surface area contributed by atoms with Gasteiger partial charge in [-0.1, -0.05) is 0 Å². The Morgan fingerprint density at radius 2 is 2.25 bits per heavy atom. The summed E-state index contributed by atoms with van der Waals surface area (Å²) in [7, 11) is 0. The Labute approximate surface area is 68.5 Å². The Morgan fingerprint density at radius 3 is 2.83 bits per heavy atom. The van der Waals surface area contributed by atoms with Crippen molar-refractivity contribution in [2.24, 2.45) is 0 Å². The topological polar surface area (TPSA) is 61.2 Å². The van der Waals surface area contributed by atoms with Crippen molar-refractivity contribution >= 4 is 5.97 Å². The summed E-state index contributed by atoms with van der Waals surface area (Å²) < 4.78 is 0. The van der Waals surface area contributed by atoms with Gasteiger partial charge in [0.2, 0.25) is 0 Å². The molecule has 0 aliphatic rings. The highest BCUT2D eigenvalue weighted by Crippen LogP contribution is 1.83. The van der Waals surface area contributed by atoms with Gasteiger partial charge in [-0.25, -0.2) is 4.79 Å². The smallest absolute Gasteiger partial charge is 0.316 e. The van der Waals surface area contributed by atoms with Crippen LogP contribution in [-0.2, 0) is 4.79 Å². The number of carbonyl (C=O) groups excluding carboxylic acids is 1. The van der Waals surface area contributed by atoms with Crippen molar-refractivity contribution in [3.63, 3.8) is 0 Å². The molecular formula is C7H8N2O3. The van der Waals surface area contributed by atoms with Crippen LogP contribution >= 0.6 is 0 Å². The maximum Gasteiger partial charge on any atom is 0.332 e. The van der Waals surface area contributed by atoms with E-state index < -0.39 is 11.5 Å². The third kappa shape index (κ3) is 1.91. The fraction of sp³-hybridized carbons (Fsp3) is 0.286. The van der Waals surface area contributed by atoms with Crippen LogP contribution in [0.3, 0.4) is 0 Å². The molecular weight excluding hydrogens is 160 g/mol. The summed E-state index contributed by atoms with van der Waals surface area (Å²) in [6.45, 7) is 2.90. The van der Waals surface area contributed by atoms with Crippen molar-refractivity contribution in [2.45, 2.75) is 13.8 Å². The Kier molecular flexibility index (Phi) is 2.23. The van der Waals surface area contributed by atoms with Crippen molar-refractivity contribution in [3.05, 3.63) is 28.2 Å². The lowest BCUT2D eigenvalue weighted by Crippen LogP contribution is -2.31. The minimum Gasteiger partial charge on any atom is -0.316 e. The summed E-state index contributed by atoms with van der Waals surface area (Å²) in [5.41, 5.74) is 0.145. The molecule has 12 heavy (non-hydrogen) atoms. The Hall–Kier alpha value is -1.65. The number of carbonyl (C=O) groups is 1. The SMILES string of the molecule is CC(=O)On1nc(C)ccc1=O. The molecule has 1 rings (SSSR count). The zero-order valence-corrected chi connectivity index (χ0v) is 6.77. The van der Waals surface area contributed by atoms with E-state index in [0.29, 0.717) is 10.5 Å². The normalized spacial score (nSPS) is 9.50. The van der Waals surface area contributed by atoms with E-state index in [4.69, 9.17) is 0 Å². The minimum atomic E-state index is -0.574. The summed E-state index contributed by atoms with van der Waals surface area (Å²) in [6, 6.07) is 2.83. The van der Waals surface area contributed by atoms with Gasteiger partial charge in [0.1, 0.15) is 0 Å². The average molecular weight is 168 g/mol. The van der Waals surface area contributed by atoms with E-state index in [-0.39, 0.29) is 0 Å². The third-order valence-corrected chi connectivity index (χ3v) is 1.12. The number of aromatic nitrogens is 2. The molecule has 0 fully saturated rings. The molecule has 5 nitrogen and oxygen atoms in total. The summed E-state index contributed by atoms with van der Waals surface area (Å²) in [4.78, 5) is 26.5. The average Bonchev–Trinajstić information content (AvgIpc) is 1.96. The molecule has 5 heteroatoms. The lowest BCUT2D eigenvalue weighted by atomic mass is 10.4. The lowest BCUT2D eigenvalue weighted by Gasteiger charge is -2.01. The van der Waals surface area contributed by atoms with Crippen LogP contribution in [0.5, 0.6) is 0 Å². The first-order valence-electron chi connectivity index (χ1n) is 3.35. The fourth-order valence-corrected chi connectivity index (χ4v) is 0.669. The van der Waals surface area contributed by atoms with Crippen LogP contribution in [0.2, 0.25) is 0 Å². The van der Waals surface area contributed by atoms with Crippen LogP contribution in [0.4, 0.5) is 0 Å². The van der Waals surface area contributed by atoms with E-state index in [9.17, 15) is 9.59 Å². The van der Waals surface area contributed by atoms with E-state index in [1.165, 1.54) is 13.0 Å². The number of hydrogen-bond donors (Lipinski definition) is 0. The fourth-order valence-electron chi connectivity index (χ4n) is 0.669. The molecule has 0 bridgehead atoms. The second-order valence-corrected chi connectivity index (χ2v) is 2.27. The predicted molar refractivity (Wildman–Crippen MR) is 40.5 cm³/mol. The van der Waals surface area contributed by atoms with E-state index >= 15 is 0 Å². The standard InChI is InChI=1S/C7H8N2O3/c1-5-3-4-7(11)9(8-5)12-6(2)10/h3-4H,1-2H3. The minimum absolute atomic E-state index is 0.462. The highest BCUT2D eigenvalue weighted by atomic mass is 16.7. The second-order valence-electron chi connectivity index (χ2n) is 2.27. The van der Waals surface area contributed by atoms with Gasteiger partial charge >= 0.3 is 11.5 Å². The summed E-state index contributed by atoms with van der Waals surface area (Å²) in [5.74, 6) is -0.574. The number of aryl methyl sites for hydroxylation is 1. The van der Waals surface area contributed by atoms with Gasteiger partial charge in [0.25, 0.3) is 0 Å². The highest BCUT2D eigenvalue weighted by Gasteiger charge is 2.00. The van der Waals surface area contributed by atoms with Crippen LogP contribution in [0, 0.1) is 6.92 Å². The molecule has 0 saturated carbocycles. The molecule has 64 valence electrons. The Morgan fingerprint density at radius 1 is 1.58 bits per heavy atom. The van der Waals surface area contributed by atoms with Crippen LogP contribution in [0.25, 0.3) is 0 Å². The number of rotatable bonds is 1. The molecule has 0 saturated heterocycles. The van der Waals surface area contributed by atoms with Gasteiger partial charge < -0.3 is 4.84 Å². The molecule has 1 aromatic rings. The molecule has 0 N–H and O–H groups in total. The van der Waals surface area contributed by atoms with E-state index in [2.05, 4.69) is 9.94 Å². The van der Waals surface area contributed by atoms with Crippen LogP contribution in [-0.4, -0.2) is 15.9 Å². The van der Waals surface area contributed by atoms with Gasteiger partial charge in [-0.3, -0.25) is 4.79 Å². The molecule has 0 aliphatic heterocycles. The molecule has 0 aromatic carbocycles. The maximum absolute atomic E-state index is 10.9. The molecule has 1 aromatic heterocycles. The second kappa shape index (κ2) is 3.17. The van der Waals surface area contributed by atoms with Crippen LogP contribution in [0.15, 0.2) is 16.9 Å². The van der Waals surface area contributed by atoms with Gasteiger partial charge in [-0.15, -0.1) is 5.10 Å². The molecule has 0 aliphatic carbocycles. The van der Waals surface area contributed by atoms with Gasteiger partial charge in [0.05, 0.1) is 5.69 Å². The molecule has 0 amide bonds. The Balaban J connectivity index is 3.06. The lowest BCUT2D eigenvalue weighted by molar-refractivity contribution is -0.143.